The molecule has 0 aliphatic carbocycles. The highest BCUT2D eigenvalue weighted by Crippen LogP contribution is 2.10. The van der Waals surface area contributed by atoms with Crippen molar-refractivity contribution in [3.05, 3.63) is 0 Å². The average molecular weight is 273 g/mol. The van der Waals surface area contributed by atoms with Crippen LogP contribution < -0.4 is 5.73 Å². The highest BCUT2D eigenvalue weighted by atomic mass is 32.2. The van der Waals surface area contributed by atoms with Crippen LogP contribution in [-0.2, 0) is 4.79 Å². The molecule has 0 radical (unpaired) electrons. The Morgan fingerprint density at radius 3 is 2.44 bits per heavy atom. The SMILES string of the molecule is CCC(C)N1CCN(C(=O)[C@H](N)CCSC)CC1. The summed E-state index contributed by atoms with van der Waals surface area (Å²) in [5, 5.41) is 0. The highest BCUT2D eigenvalue weighted by Gasteiger charge is 2.26. The summed E-state index contributed by atoms with van der Waals surface area (Å²) in [4.78, 5) is 16.5. The molecule has 1 fully saturated rings. The standard InChI is InChI=1S/C13H27N3OS/c1-4-11(2)15-6-8-16(9-7-15)13(17)12(14)5-10-18-3/h11-12H,4-10,14H2,1-3H3/t11?,12-/m1/s1. The first-order valence-corrected chi connectivity index (χ1v) is 8.26. The van der Waals surface area contributed by atoms with E-state index in [2.05, 4.69) is 18.7 Å². The van der Waals surface area contributed by atoms with Crippen LogP contribution in [0.3, 0.4) is 0 Å². The third-order valence-electron chi connectivity index (χ3n) is 3.79. The second-order valence-electron chi connectivity index (χ2n) is 5.01. The lowest BCUT2D eigenvalue weighted by Crippen LogP contribution is -2.54. The van der Waals surface area contributed by atoms with Crippen molar-refractivity contribution in [1.29, 1.82) is 0 Å². The van der Waals surface area contributed by atoms with Gasteiger partial charge in [-0.1, -0.05) is 6.92 Å². The van der Waals surface area contributed by atoms with Crippen LogP contribution in [0.1, 0.15) is 26.7 Å². The number of thioether (sulfide) groups is 1. The third-order valence-corrected chi connectivity index (χ3v) is 4.43. The summed E-state index contributed by atoms with van der Waals surface area (Å²) in [5.74, 6) is 1.09. The number of hydrogen-bond donors (Lipinski definition) is 1. The monoisotopic (exact) mass is 273 g/mol. The van der Waals surface area contributed by atoms with E-state index >= 15 is 0 Å². The molecular formula is C13H27N3OS. The molecule has 1 heterocycles. The normalized spacial score (nSPS) is 20.8. The van der Waals surface area contributed by atoms with Crippen molar-refractivity contribution in [1.82, 2.24) is 9.80 Å². The molecule has 5 heteroatoms. The first-order chi connectivity index (χ1) is 8.60. The molecule has 0 aromatic carbocycles. The van der Waals surface area contributed by atoms with E-state index in [9.17, 15) is 4.79 Å². The fraction of sp³-hybridized carbons (Fsp3) is 0.923. The molecule has 0 aromatic heterocycles. The van der Waals surface area contributed by atoms with Gasteiger partial charge in [-0.15, -0.1) is 0 Å². The molecule has 1 aliphatic rings. The zero-order valence-electron chi connectivity index (χ0n) is 11.9. The van der Waals surface area contributed by atoms with E-state index in [1.165, 1.54) is 6.42 Å². The predicted octanol–water partition coefficient (Wildman–Crippen LogP) is 1.01. The van der Waals surface area contributed by atoms with Gasteiger partial charge in [-0.05, 0) is 31.8 Å². The molecule has 0 aromatic rings. The van der Waals surface area contributed by atoms with Crippen LogP contribution in [0.4, 0.5) is 0 Å². The molecule has 106 valence electrons. The molecule has 1 rings (SSSR count). The number of nitrogens with zero attached hydrogens (tertiary/aromatic N) is 2. The Labute approximate surface area is 115 Å². The summed E-state index contributed by atoms with van der Waals surface area (Å²) in [5.41, 5.74) is 5.94. The van der Waals surface area contributed by atoms with Gasteiger partial charge in [0, 0.05) is 32.2 Å². The number of amides is 1. The molecule has 1 amide bonds. The molecular weight excluding hydrogens is 246 g/mol. The van der Waals surface area contributed by atoms with Crippen molar-refractivity contribution in [3.8, 4) is 0 Å². The van der Waals surface area contributed by atoms with Crippen LogP contribution in [0.25, 0.3) is 0 Å². The maximum absolute atomic E-state index is 12.1. The number of nitrogens with two attached hydrogens (primary N) is 1. The number of rotatable bonds is 6. The lowest BCUT2D eigenvalue weighted by Gasteiger charge is -2.38. The number of piperazine rings is 1. The lowest BCUT2D eigenvalue weighted by atomic mass is 10.1. The minimum Gasteiger partial charge on any atom is -0.339 e. The predicted molar refractivity (Wildman–Crippen MR) is 78.9 cm³/mol. The summed E-state index contributed by atoms with van der Waals surface area (Å²) < 4.78 is 0. The molecule has 0 bridgehead atoms. The summed E-state index contributed by atoms with van der Waals surface area (Å²) >= 11 is 1.74. The molecule has 18 heavy (non-hydrogen) atoms. The van der Waals surface area contributed by atoms with Gasteiger partial charge in [0.25, 0.3) is 0 Å². The minimum atomic E-state index is -0.312. The highest BCUT2D eigenvalue weighted by molar-refractivity contribution is 7.98. The Balaban J connectivity index is 2.35. The van der Waals surface area contributed by atoms with Crippen molar-refractivity contribution in [2.45, 2.75) is 38.8 Å². The lowest BCUT2D eigenvalue weighted by molar-refractivity contribution is -0.134. The zero-order valence-corrected chi connectivity index (χ0v) is 12.7. The maximum Gasteiger partial charge on any atom is 0.239 e. The van der Waals surface area contributed by atoms with E-state index in [1.807, 2.05) is 11.2 Å². The maximum atomic E-state index is 12.1. The molecule has 2 N–H and O–H groups in total. The van der Waals surface area contributed by atoms with Gasteiger partial charge in [0.05, 0.1) is 6.04 Å². The zero-order chi connectivity index (χ0) is 13.5. The van der Waals surface area contributed by atoms with Crippen molar-refractivity contribution < 1.29 is 4.79 Å². The van der Waals surface area contributed by atoms with Crippen LogP contribution in [0.15, 0.2) is 0 Å². The van der Waals surface area contributed by atoms with E-state index in [0.717, 1.165) is 38.4 Å². The number of hydrogen-bond acceptors (Lipinski definition) is 4. The van der Waals surface area contributed by atoms with E-state index in [4.69, 9.17) is 5.73 Å². The third kappa shape index (κ3) is 4.44. The molecule has 0 spiro atoms. The van der Waals surface area contributed by atoms with Gasteiger partial charge < -0.3 is 10.6 Å². The van der Waals surface area contributed by atoms with Gasteiger partial charge in [0.2, 0.25) is 5.91 Å². The van der Waals surface area contributed by atoms with Crippen LogP contribution in [0, 0.1) is 0 Å². The largest absolute Gasteiger partial charge is 0.339 e. The molecule has 2 atom stereocenters. The van der Waals surface area contributed by atoms with Gasteiger partial charge in [-0.2, -0.15) is 11.8 Å². The fourth-order valence-electron chi connectivity index (χ4n) is 2.24. The summed E-state index contributed by atoms with van der Waals surface area (Å²) in [7, 11) is 0. The Kier molecular flexibility index (Phi) is 7.04. The second-order valence-corrected chi connectivity index (χ2v) is 5.99. The Morgan fingerprint density at radius 1 is 1.33 bits per heavy atom. The smallest absolute Gasteiger partial charge is 0.239 e. The average Bonchev–Trinajstić information content (AvgIpc) is 2.43. The van der Waals surface area contributed by atoms with E-state index in [0.29, 0.717) is 6.04 Å². The van der Waals surface area contributed by atoms with Gasteiger partial charge in [-0.25, -0.2) is 0 Å². The van der Waals surface area contributed by atoms with Crippen molar-refractivity contribution in [2.75, 3.05) is 38.2 Å². The molecule has 1 unspecified atom stereocenters. The van der Waals surface area contributed by atoms with E-state index in [1.54, 1.807) is 11.8 Å². The summed E-state index contributed by atoms with van der Waals surface area (Å²) in [6.07, 6.45) is 3.99. The van der Waals surface area contributed by atoms with Crippen LogP contribution in [0.2, 0.25) is 0 Å². The van der Waals surface area contributed by atoms with Gasteiger partial charge in [0.1, 0.15) is 0 Å². The van der Waals surface area contributed by atoms with Gasteiger partial charge in [-0.3, -0.25) is 9.69 Å². The van der Waals surface area contributed by atoms with E-state index < -0.39 is 0 Å². The van der Waals surface area contributed by atoms with Crippen LogP contribution in [-0.4, -0.2) is 66.0 Å². The first-order valence-electron chi connectivity index (χ1n) is 6.87. The van der Waals surface area contributed by atoms with Crippen LogP contribution in [0.5, 0.6) is 0 Å². The topological polar surface area (TPSA) is 49.6 Å². The molecule has 1 aliphatic heterocycles. The van der Waals surface area contributed by atoms with Crippen molar-refractivity contribution in [2.24, 2.45) is 5.73 Å². The number of carbonyl (C=O) groups excluding carboxylic acids is 1. The molecule has 1 saturated heterocycles. The van der Waals surface area contributed by atoms with E-state index in [-0.39, 0.29) is 11.9 Å². The summed E-state index contributed by atoms with van der Waals surface area (Å²) in [6.45, 7) is 8.08. The quantitative estimate of drug-likeness (QED) is 0.785. The van der Waals surface area contributed by atoms with Crippen molar-refractivity contribution in [3.63, 3.8) is 0 Å². The molecule has 4 nitrogen and oxygen atoms in total. The minimum absolute atomic E-state index is 0.132. The number of carbonyl (C=O) groups is 1. The first kappa shape index (κ1) is 15.8. The van der Waals surface area contributed by atoms with Crippen LogP contribution >= 0.6 is 11.8 Å². The Hall–Kier alpha value is -0.260. The van der Waals surface area contributed by atoms with Crippen molar-refractivity contribution >= 4 is 17.7 Å². The summed E-state index contributed by atoms with van der Waals surface area (Å²) in [6, 6.07) is 0.306. The Bertz CT molecular complexity index is 255. The fourth-order valence-corrected chi connectivity index (χ4v) is 2.73. The second kappa shape index (κ2) is 8.02. The van der Waals surface area contributed by atoms with Gasteiger partial charge >= 0.3 is 0 Å². The Morgan fingerprint density at radius 2 is 1.94 bits per heavy atom. The van der Waals surface area contributed by atoms with Gasteiger partial charge in [0.15, 0.2) is 0 Å². The molecule has 0 saturated carbocycles.